The lowest BCUT2D eigenvalue weighted by Gasteiger charge is -2.24. The van der Waals surface area contributed by atoms with E-state index >= 15 is 0 Å². The van der Waals surface area contributed by atoms with Crippen LogP contribution < -0.4 is 24.4 Å². The lowest BCUT2D eigenvalue weighted by atomic mass is 9.96. The highest BCUT2D eigenvalue weighted by molar-refractivity contribution is 7.07. The number of ether oxygens (including phenoxy) is 3. The summed E-state index contributed by atoms with van der Waals surface area (Å²) >= 11 is 1.30. The Kier molecular flexibility index (Phi) is 8.05. The summed E-state index contributed by atoms with van der Waals surface area (Å²) in [4.78, 5) is 31.8. The van der Waals surface area contributed by atoms with Crippen molar-refractivity contribution in [3.63, 3.8) is 0 Å². The number of aromatic nitrogens is 1. The van der Waals surface area contributed by atoms with Crippen LogP contribution in [0.5, 0.6) is 11.5 Å². The molecule has 0 saturated carbocycles. The largest absolute Gasteiger partial charge is 0.497 e. The Morgan fingerprint density at radius 1 is 1.08 bits per heavy atom. The number of allylic oxidation sites excluding steroid dienone is 1. The van der Waals surface area contributed by atoms with E-state index in [2.05, 4.69) is 11.9 Å². The molecule has 188 valence electrons. The maximum atomic E-state index is 13.7. The highest BCUT2D eigenvalue weighted by Gasteiger charge is 2.33. The lowest BCUT2D eigenvalue weighted by molar-refractivity contribution is -0.139. The van der Waals surface area contributed by atoms with Crippen molar-refractivity contribution in [2.45, 2.75) is 39.7 Å². The number of carbonyl (C=O) groups excluding carboxylic acids is 1. The van der Waals surface area contributed by atoms with Crippen LogP contribution in [-0.2, 0) is 9.53 Å². The maximum Gasteiger partial charge on any atom is 0.338 e. The van der Waals surface area contributed by atoms with Crippen LogP contribution in [0.15, 0.2) is 69.6 Å². The molecule has 0 fully saturated rings. The second-order valence-corrected chi connectivity index (χ2v) is 9.36. The van der Waals surface area contributed by atoms with Crippen molar-refractivity contribution < 1.29 is 19.0 Å². The van der Waals surface area contributed by atoms with E-state index in [0.29, 0.717) is 33.0 Å². The van der Waals surface area contributed by atoms with Gasteiger partial charge in [0.25, 0.3) is 5.56 Å². The number of esters is 1. The number of rotatable bonds is 9. The first-order valence-corrected chi connectivity index (χ1v) is 12.8. The van der Waals surface area contributed by atoms with Crippen LogP contribution in [0, 0.1) is 0 Å². The Morgan fingerprint density at radius 2 is 1.78 bits per heavy atom. The van der Waals surface area contributed by atoms with E-state index in [1.54, 1.807) is 25.5 Å². The monoisotopic (exact) mass is 506 g/mol. The van der Waals surface area contributed by atoms with Gasteiger partial charge in [0.2, 0.25) is 0 Å². The molecule has 3 aromatic rings. The fourth-order valence-corrected chi connectivity index (χ4v) is 5.09. The van der Waals surface area contributed by atoms with Crippen LogP contribution in [0.4, 0.5) is 0 Å². The van der Waals surface area contributed by atoms with Gasteiger partial charge >= 0.3 is 5.97 Å². The summed E-state index contributed by atoms with van der Waals surface area (Å²) in [6.45, 7) is 6.57. The van der Waals surface area contributed by atoms with Gasteiger partial charge in [0.1, 0.15) is 11.5 Å². The van der Waals surface area contributed by atoms with Gasteiger partial charge in [-0.1, -0.05) is 48.9 Å². The van der Waals surface area contributed by atoms with Crippen LogP contribution in [0.3, 0.4) is 0 Å². The zero-order valence-corrected chi connectivity index (χ0v) is 21.8. The minimum atomic E-state index is -0.650. The van der Waals surface area contributed by atoms with Gasteiger partial charge in [0.05, 0.1) is 42.2 Å². The summed E-state index contributed by atoms with van der Waals surface area (Å²) in [5.74, 6) is 1.01. The minimum absolute atomic E-state index is 0.211. The molecule has 0 bridgehead atoms. The molecule has 0 spiro atoms. The summed E-state index contributed by atoms with van der Waals surface area (Å²) in [6, 6.07) is 14.4. The molecule has 36 heavy (non-hydrogen) atoms. The molecule has 0 amide bonds. The number of hydrogen-bond acceptors (Lipinski definition) is 7. The van der Waals surface area contributed by atoms with Crippen molar-refractivity contribution in [3.05, 3.63) is 90.6 Å². The zero-order valence-electron chi connectivity index (χ0n) is 20.9. The van der Waals surface area contributed by atoms with Crippen LogP contribution in [-0.4, -0.2) is 30.9 Å². The summed E-state index contributed by atoms with van der Waals surface area (Å²) in [6.07, 6.45) is 3.92. The lowest BCUT2D eigenvalue weighted by Crippen LogP contribution is -2.39. The van der Waals surface area contributed by atoms with Gasteiger partial charge in [-0.2, -0.15) is 0 Å². The molecule has 0 radical (unpaired) electrons. The van der Waals surface area contributed by atoms with Crippen molar-refractivity contribution in [1.82, 2.24) is 4.57 Å². The number of methoxy groups -OCH3 is 1. The maximum absolute atomic E-state index is 13.7. The summed E-state index contributed by atoms with van der Waals surface area (Å²) < 4.78 is 18.5. The molecule has 1 atom stereocenters. The fourth-order valence-electron chi connectivity index (χ4n) is 4.04. The summed E-state index contributed by atoms with van der Waals surface area (Å²) in [5.41, 5.74) is 2.34. The molecule has 2 heterocycles. The van der Waals surface area contributed by atoms with E-state index in [1.165, 1.54) is 11.3 Å². The molecular formula is C28H30N2O5S. The Morgan fingerprint density at radius 3 is 2.42 bits per heavy atom. The van der Waals surface area contributed by atoms with E-state index in [-0.39, 0.29) is 12.2 Å². The van der Waals surface area contributed by atoms with E-state index < -0.39 is 12.0 Å². The zero-order chi connectivity index (χ0) is 25.7. The first-order valence-electron chi connectivity index (χ1n) is 12.0. The number of benzene rings is 2. The molecular weight excluding hydrogens is 476 g/mol. The molecule has 7 nitrogen and oxygen atoms in total. The number of thiazole rings is 1. The van der Waals surface area contributed by atoms with Gasteiger partial charge < -0.3 is 14.2 Å². The summed E-state index contributed by atoms with van der Waals surface area (Å²) in [5, 5.41) is 0. The van der Waals surface area contributed by atoms with Crippen LogP contribution >= 0.6 is 11.3 Å². The van der Waals surface area contributed by atoms with E-state index in [1.807, 2.05) is 54.6 Å². The topological polar surface area (TPSA) is 79.1 Å². The SMILES string of the molecule is CCCCOc1ccc(/C=c2/sc3n(c2=O)C(c2ccc(OC)cc2)C(C(=O)OCC)=C(C)N=3)cc1. The Bertz CT molecular complexity index is 1430. The Labute approximate surface area is 214 Å². The van der Waals surface area contributed by atoms with Crippen molar-refractivity contribution in [2.75, 3.05) is 20.3 Å². The molecule has 2 aromatic carbocycles. The Balaban J connectivity index is 1.79. The second kappa shape index (κ2) is 11.4. The molecule has 1 unspecified atom stereocenters. The van der Waals surface area contributed by atoms with Gasteiger partial charge in [-0.3, -0.25) is 9.36 Å². The standard InChI is InChI=1S/C28H30N2O5S/c1-5-7-16-35-22-12-8-19(9-13-22)17-23-26(31)30-25(20-10-14-21(33-4)15-11-20)24(27(32)34-6-2)18(3)29-28(30)36-23/h8-15,17,25H,5-7,16H2,1-4H3/b23-17+. The third kappa shape index (κ3) is 5.28. The van der Waals surface area contributed by atoms with Gasteiger partial charge in [-0.25, -0.2) is 9.79 Å². The third-order valence-electron chi connectivity index (χ3n) is 5.89. The highest BCUT2D eigenvalue weighted by Crippen LogP contribution is 2.31. The van der Waals surface area contributed by atoms with Gasteiger partial charge in [0, 0.05) is 0 Å². The smallest absolute Gasteiger partial charge is 0.338 e. The van der Waals surface area contributed by atoms with Crippen LogP contribution in [0.2, 0.25) is 0 Å². The molecule has 8 heteroatoms. The summed E-state index contributed by atoms with van der Waals surface area (Å²) in [7, 11) is 1.59. The highest BCUT2D eigenvalue weighted by atomic mass is 32.1. The van der Waals surface area contributed by atoms with Crippen LogP contribution in [0.25, 0.3) is 6.08 Å². The number of fused-ring (bicyclic) bond motifs is 1. The molecule has 1 aromatic heterocycles. The van der Waals surface area contributed by atoms with Crippen LogP contribution in [0.1, 0.15) is 50.8 Å². The van der Waals surface area contributed by atoms with Gasteiger partial charge in [-0.15, -0.1) is 0 Å². The van der Waals surface area contributed by atoms with Gasteiger partial charge in [0.15, 0.2) is 4.80 Å². The molecule has 1 aliphatic rings. The van der Waals surface area contributed by atoms with Crippen molar-refractivity contribution in [2.24, 2.45) is 4.99 Å². The number of unbranched alkanes of at least 4 members (excludes halogenated alkanes) is 1. The normalized spacial score (nSPS) is 15.3. The van der Waals surface area contributed by atoms with E-state index in [9.17, 15) is 9.59 Å². The third-order valence-corrected chi connectivity index (χ3v) is 6.88. The Hall–Kier alpha value is -3.65. The average Bonchev–Trinajstić information content (AvgIpc) is 3.18. The van der Waals surface area contributed by atoms with E-state index in [0.717, 1.165) is 29.7 Å². The predicted octanol–water partition coefficient (Wildman–Crippen LogP) is 3.99. The number of nitrogens with zero attached hydrogens (tertiary/aromatic N) is 2. The van der Waals surface area contributed by atoms with Gasteiger partial charge in [-0.05, 0) is 61.7 Å². The minimum Gasteiger partial charge on any atom is -0.497 e. The molecule has 0 N–H and O–H groups in total. The number of hydrogen-bond donors (Lipinski definition) is 0. The molecule has 0 aliphatic carbocycles. The van der Waals surface area contributed by atoms with Crippen molar-refractivity contribution in [3.8, 4) is 11.5 Å². The molecule has 0 saturated heterocycles. The van der Waals surface area contributed by atoms with Crippen molar-refractivity contribution in [1.29, 1.82) is 0 Å². The molecule has 1 aliphatic heterocycles. The predicted molar refractivity (Wildman–Crippen MR) is 140 cm³/mol. The number of carbonyl (C=O) groups is 1. The van der Waals surface area contributed by atoms with Crippen molar-refractivity contribution >= 4 is 23.4 Å². The van der Waals surface area contributed by atoms with E-state index in [4.69, 9.17) is 14.2 Å². The quantitative estimate of drug-likeness (QED) is 0.324. The first-order chi connectivity index (χ1) is 17.5. The average molecular weight is 507 g/mol. The first kappa shape index (κ1) is 25.4. The second-order valence-electron chi connectivity index (χ2n) is 8.35. The fraction of sp³-hybridized carbons (Fsp3) is 0.321. The molecule has 4 rings (SSSR count).